The van der Waals surface area contributed by atoms with Crippen LogP contribution in [-0.2, 0) is 9.53 Å². The Kier molecular flexibility index (Phi) is 3.26. The molecular formula is C3H6O4. The van der Waals surface area contributed by atoms with Crippen LogP contribution in [0.2, 0.25) is 0 Å². The molecular weight excluding hydrogens is 100 g/mol. The Morgan fingerprint density at radius 1 is 1.57 bits per heavy atom. The average Bonchev–Trinajstić information content (AvgIpc) is 1.68. The largest absolute Gasteiger partial charge is 0.437 e. The van der Waals surface area contributed by atoms with Crippen molar-refractivity contribution in [2.24, 2.45) is 0 Å². The molecule has 0 aliphatic rings. The third kappa shape index (κ3) is 3.21. The van der Waals surface area contributed by atoms with Crippen molar-refractivity contribution in [1.82, 2.24) is 0 Å². The van der Waals surface area contributed by atoms with Crippen molar-refractivity contribution in [3.63, 3.8) is 0 Å². The van der Waals surface area contributed by atoms with Crippen LogP contribution < -0.4 is 0 Å². The molecule has 0 aromatic rings. The van der Waals surface area contributed by atoms with Gasteiger partial charge in [-0.15, -0.1) is 0 Å². The van der Waals surface area contributed by atoms with Crippen molar-refractivity contribution in [2.75, 3.05) is 13.4 Å². The lowest BCUT2D eigenvalue weighted by Gasteiger charge is -1.92. The molecule has 0 atom stereocenters. The van der Waals surface area contributed by atoms with E-state index >= 15 is 0 Å². The SMILES string of the molecule is O=C(CO)OCO. The number of aliphatic hydroxyl groups is 2. The number of carbonyl (C=O) groups is 1. The lowest BCUT2D eigenvalue weighted by molar-refractivity contribution is -0.154. The van der Waals surface area contributed by atoms with Gasteiger partial charge in [0.1, 0.15) is 6.61 Å². The van der Waals surface area contributed by atoms with E-state index in [4.69, 9.17) is 10.2 Å². The minimum atomic E-state index is -0.817. The number of carbonyl (C=O) groups excluding carboxylic acids is 1. The van der Waals surface area contributed by atoms with Crippen LogP contribution in [0.5, 0.6) is 0 Å². The fourth-order valence-electron chi connectivity index (χ4n) is 0.118. The topological polar surface area (TPSA) is 66.8 Å². The lowest BCUT2D eigenvalue weighted by atomic mass is 10.8. The van der Waals surface area contributed by atoms with Gasteiger partial charge in [0.15, 0.2) is 6.79 Å². The summed E-state index contributed by atoms with van der Waals surface area (Å²) in [6.45, 7) is -1.35. The Morgan fingerprint density at radius 2 is 2.14 bits per heavy atom. The fraction of sp³-hybridized carbons (Fsp3) is 0.667. The molecule has 0 saturated carbocycles. The smallest absolute Gasteiger partial charge is 0.333 e. The second kappa shape index (κ2) is 3.58. The van der Waals surface area contributed by atoms with E-state index in [0.29, 0.717) is 0 Å². The van der Waals surface area contributed by atoms with Crippen molar-refractivity contribution in [1.29, 1.82) is 0 Å². The molecule has 0 rings (SSSR count). The van der Waals surface area contributed by atoms with Crippen LogP contribution in [0.3, 0.4) is 0 Å². The number of ether oxygens (including phenoxy) is 1. The zero-order valence-electron chi connectivity index (χ0n) is 3.63. The monoisotopic (exact) mass is 106 g/mol. The Balaban J connectivity index is 3.00. The summed E-state index contributed by atoms with van der Waals surface area (Å²) in [5.41, 5.74) is 0. The Hall–Kier alpha value is -0.610. The van der Waals surface area contributed by atoms with E-state index in [0.717, 1.165) is 0 Å². The molecule has 0 amide bonds. The second-order valence-electron chi connectivity index (χ2n) is 0.804. The van der Waals surface area contributed by atoms with Gasteiger partial charge in [-0.2, -0.15) is 0 Å². The highest BCUT2D eigenvalue weighted by Crippen LogP contribution is 1.69. The van der Waals surface area contributed by atoms with Gasteiger partial charge in [-0.1, -0.05) is 0 Å². The molecule has 0 bridgehead atoms. The maximum atomic E-state index is 9.78. The first-order valence-electron chi connectivity index (χ1n) is 1.68. The molecule has 2 N–H and O–H groups in total. The van der Waals surface area contributed by atoms with Gasteiger partial charge in [0.2, 0.25) is 0 Å². The van der Waals surface area contributed by atoms with Gasteiger partial charge in [-0.3, -0.25) is 0 Å². The number of rotatable bonds is 2. The first-order chi connectivity index (χ1) is 3.31. The summed E-state index contributed by atoms with van der Waals surface area (Å²) in [4.78, 5) is 9.78. The Bertz CT molecular complexity index is 60.0. The molecule has 0 heterocycles. The molecule has 0 spiro atoms. The average molecular weight is 106 g/mol. The third-order valence-electron chi connectivity index (χ3n) is 0.355. The van der Waals surface area contributed by atoms with Crippen LogP contribution in [0.15, 0.2) is 0 Å². The zero-order valence-corrected chi connectivity index (χ0v) is 3.63. The molecule has 7 heavy (non-hydrogen) atoms. The highest BCUT2D eigenvalue weighted by molar-refractivity contribution is 5.70. The number of esters is 1. The molecule has 0 aliphatic heterocycles. The normalized spacial score (nSPS) is 8.29. The highest BCUT2D eigenvalue weighted by atomic mass is 16.6. The molecule has 0 aromatic carbocycles. The molecule has 0 aliphatic carbocycles. The van der Waals surface area contributed by atoms with E-state index in [1.165, 1.54) is 0 Å². The summed E-state index contributed by atoms with van der Waals surface area (Å²) in [5.74, 6) is -0.817. The molecule has 0 unspecified atom stereocenters. The first-order valence-corrected chi connectivity index (χ1v) is 1.68. The van der Waals surface area contributed by atoms with Gasteiger partial charge in [-0.25, -0.2) is 4.79 Å². The minimum Gasteiger partial charge on any atom is -0.437 e. The van der Waals surface area contributed by atoms with Crippen molar-refractivity contribution in [2.45, 2.75) is 0 Å². The molecule has 0 radical (unpaired) electrons. The summed E-state index contributed by atoms with van der Waals surface area (Å²) in [7, 11) is 0. The van der Waals surface area contributed by atoms with Gasteiger partial charge in [0.25, 0.3) is 0 Å². The molecule has 4 heteroatoms. The van der Waals surface area contributed by atoms with Gasteiger partial charge in [0.05, 0.1) is 0 Å². The number of aliphatic hydroxyl groups excluding tert-OH is 2. The second-order valence-corrected chi connectivity index (χ2v) is 0.804. The maximum absolute atomic E-state index is 9.78. The van der Waals surface area contributed by atoms with E-state index in [-0.39, 0.29) is 0 Å². The number of hydrogen-bond donors (Lipinski definition) is 2. The van der Waals surface area contributed by atoms with Gasteiger partial charge >= 0.3 is 5.97 Å². The van der Waals surface area contributed by atoms with Crippen LogP contribution in [-0.4, -0.2) is 29.6 Å². The van der Waals surface area contributed by atoms with Crippen LogP contribution in [0.4, 0.5) is 0 Å². The quantitative estimate of drug-likeness (QED) is 0.331. The molecule has 4 nitrogen and oxygen atoms in total. The summed E-state index contributed by atoms with van der Waals surface area (Å²) < 4.78 is 3.86. The fourth-order valence-corrected chi connectivity index (χ4v) is 0.118. The molecule has 0 aromatic heterocycles. The van der Waals surface area contributed by atoms with Gasteiger partial charge < -0.3 is 14.9 Å². The van der Waals surface area contributed by atoms with Crippen molar-refractivity contribution in [3.05, 3.63) is 0 Å². The predicted molar refractivity (Wildman–Crippen MR) is 20.3 cm³/mol. The van der Waals surface area contributed by atoms with E-state index in [1.54, 1.807) is 0 Å². The van der Waals surface area contributed by atoms with Crippen LogP contribution >= 0.6 is 0 Å². The van der Waals surface area contributed by atoms with Crippen LogP contribution in [0, 0.1) is 0 Å². The predicted octanol–water partition coefficient (Wildman–Crippen LogP) is -1.53. The van der Waals surface area contributed by atoms with Crippen molar-refractivity contribution in [3.8, 4) is 0 Å². The summed E-state index contributed by atoms with van der Waals surface area (Å²) >= 11 is 0. The minimum absolute atomic E-state index is 0.667. The van der Waals surface area contributed by atoms with Crippen molar-refractivity contribution < 1.29 is 19.7 Å². The van der Waals surface area contributed by atoms with E-state index < -0.39 is 19.4 Å². The standard InChI is InChI=1S/C3H6O4/c4-1-3(6)7-2-5/h4-5H,1-2H2. The van der Waals surface area contributed by atoms with E-state index in [9.17, 15) is 4.79 Å². The summed E-state index contributed by atoms with van der Waals surface area (Å²) in [6, 6.07) is 0. The van der Waals surface area contributed by atoms with Gasteiger partial charge in [0, 0.05) is 0 Å². The molecule has 0 saturated heterocycles. The van der Waals surface area contributed by atoms with E-state index in [1.807, 2.05) is 0 Å². The Labute approximate surface area is 40.3 Å². The number of hydrogen-bond acceptors (Lipinski definition) is 4. The van der Waals surface area contributed by atoms with Crippen LogP contribution in [0.1, 0.15) is 0 Å². The van der Waals surface area contributed by atoms with Crippen molar-refractivity contribution >= 4 is 5.97 Å². The molecule has 42 valence electrons. The Morgan fingerprint density at radius 3 is 2.29 bits per heavy atom. The zero-order chi connectivity index (χ0) is 5.70. The summed E-state index contributed by atoms with van der Waals surface area (Å²) in [5, 5.41) is 15.7. The molecule has 0 fully saturated rings. The van der Waals surface area contributed by atoms with Gasteiger partial charge in [-0.05, 0) is 0 Å². The summed E-state index contributed by atoms with van der Waals surface area (Å²) in [6.07, 6.45) is 0. The maximum Gasteiger partial charge on any atom is 0.333 e. The van der Waals surface area contributed by atoms with Crippen LogP contribution in [0.25, 0.3) is 0 Å². The lowest BCUT2D eigenvalue weighted by Crippen LogP contribution is -2.08. The van der Waals surface area contributed by atoms with E-state index in [2.05, 4.69) is 4.74 Å². The first kappa shape index (κ1) is 6.39. The third-order valence-corrected chi connectivity index (χ3v) is 0.355. The highest BCUT2D eigenvalue weighted by Gasteiger charge is 1.93.